The van der Waals surface area contributed by atoms with Crippen molar-refractivity contribution in [3.05, 3.63) is 45.1 Å². The Balaban J connectivity index is 1.79. The summed E-state index contributed by atoms with van der Waals surface area (Å²) in [7, 11) is -2.03. The van der Waals surface area contributed by atoms with E-state index in [1.54, 1.807) is 30.7 Å². The quantitative estimate of drug-likeness (QED) is 0.656. The number of hydrogen-bond donors (Lipinski definition) is 0. The zero-order valence-electron chi connectivity index (χ0n) is 17.0. The standard InChI is InChI=1S/C19H27ClN4O4S/c1-4-23-18(21-24(19(23)25)11-12-28-3)15-7-9-22(10-8-15)29(26,27)17-13-16(20)6-5-14(17)2/h5-6,13,15H,4,7-12H2,1-3H3. The molecule has 1 aliphatic heterocycles. The average Bonchev–Trinajstić information content (AvgIpc) is 3.03. The molecule has 8 nitrogen and oxygen atoms in total. The van der Waals surface area contributed by atoms with Crippen LogP contribution in [0.4, 0.5) is 0 Å². The molecule has 3 rings (SSSR count). The van der Waals surface area contributed by atoms with E-state index in [1.165, 1.54) is 15.1 Å². The van der Waals surface area contributed by atoms with E-state index in [2.05, 4.69) is 5.10 Å². The Morgan fingerprint density at radius 2 is 1.97 bits per heavy atom. The fourth-order valence-electron chi connectivity index (χ4n) is 3.73. The van der Waals surface area contributed by atoms with Crippen molar-refractivity contribution in [3.8, 4) is 0 Å². The van der Waals surface area contributed by atoms with Gasteiger partial charge in [-0.1, -0.05) is 17.7 Å². The third kappa shape index (κ3) is 4.42. The van der Waals surface area contributed by atoms with E-state index in [-0.39, 0.29) is 16.5 Å². The lowest BCUT2D eigenvalue weighted by Crippen LogP contribution is -2.38. The van der Waals surface area contributed by atoms with E-state index < -0.39 is 10.0 Å². The van der Waals surface area contributed by atoms with Gasteiger partial charge < -0.3 is 4.74 Å². The highest BCUT2D eigenvalue weighted by molar-refractivity contribution is 7.89. The molecule has 0 aliphatic carbocycles. The van der Waals surface area contributed by atoms with Gasteiger partial charge in [0.1, 0.15) is 5.82 Å². The molecule has 0 atom stereocenters. The van der Waals surface area contributed by atoms with Gasteiger partial charge in [-0.05, 0) is 44.4 Å². The third-order valence-electron chi connectivity index (χ3n) is 5.36. The van der Waals surface area contributed by atoms with E-state index >= 15 is 0 Å². The van der Waals surface area contributed by atoms with E-state index in [9.17, 15) is 13.2 Å². The summed E-state index contributed by atoms with van der Waals surface area (Å²) in [6.07, 6.45) is 1.22. The first-order valence-electron chi connectivity index (χ1n) is 9.72. The van der Waals surface area contributed by atoms with Crippen molar-refractivity contribution in [1.82, 2.24) is 18.7 Å². The van der Waals surface area contributed by atoms with E-state index in [0.717, 1.165) is 5.82 Å². The van der Waals surface area contributed by atoms with Gasteiger partial charge in [0, 0.05) is 37.7 Å². The predicted octanol–water partition coefficient (Wildman–Crippen LogP) is 2.24. The predicted molar refractivity (Wildman–Crippen MR) is 111 cm³/mol. The SMILES string of the molecule is CCn1c(C2CCN(S(=O)(=O)c3cc(Cl)ccc3C)CC2)nn(CCOC)c1=O. The molecule has 2 heterocycles. The lowest BCUT2D eigenvalue weighted by Gasteiger charge is -2.31. The molecule has 1 aromatic heterocycles. The van der Waals surface area contributed by atoms with Crippen LogP contribution in [-0.4, -0.2) is 53.9 Å². The van der Waals surface area contributed by atoms with Crippen LogP contribution in [0.5, 0.6) is 0 Å². The van der Waals surface area contributed by atoms with Crippen molar-refractivity contribution >= 4 is 21.6 Å². The fourth-order valence-corrected chi connectivity index (χ4v) is 5.68. The van der Waals surface area contributed by atoms with Crippen LogP contribution in [0.3, 0.4) is 0 Å². The first kappa shape index (κ1) is 22.0. The molecule has 0 amide bonds. The number of hydrogen-bond acceptors (Lipinski definition) is 5. The third-order valence-corrected chi connectivity index (χ3v) is 7.64. The van der Waals surface area contributed by atoms with Gasteiger partial charge in [0.05, 0.1) is 18.0 Å². The van der Waals surface area contributed by atoms with Crippen molar-refractivity contribution in [2.45, 2.75) is 50.6 Å². The minimum Gasteiger partial charge on any atom is -0.383 e. The molecule has 1 fully saturated rings. The second-order valence-electron chi connectivity index (χ2n) is 7.19. The Morgan fingerprint density at radius 3 is 2.59 bits per heavy atom. The maximum absolute atomic E-state index is 13.1. The summed E-state index contributed by atoms with van der Waals surface area (Å²) in [6.45, 7) is 5.77. The first-order valence-corrected chi connectivity index (χ1v) is 11.5. The molecule has 1 saturated heterocycles. The minimum atomic E-state index is -3.61. The topological polar surface area (TPSA) is 86.4 Å². The molecule has 0 bridgehead atoms. The van der Waals surface area contributed by atoms with Crippen molar-refractivity contribution in [2.75, 3.05) is 26.8 Å². The molecule has 29 heavy (non-hydrogen) atoms. The second-order valence-corrected chi connectivity index (χ2v) is 9.53. The van der Waals surface area contributed by atoms with Crippen molar-refractivity contribution in [1.29, 1.82) is 0 Å². The molecule has 2 aromatic rings. The zero-order chi connectivity index (χ0) is 21.2. The summed E-state index contributed by atoms with van der Waals surface area (Å²) in [6, 6.07) is 4.91. The second kappa shape index (κ2) is 8.99. The fraction of sp³-hybridized carbons (Fsp3) is 0.579. The number of benzene rings is 1. The molecule has 1 aliphatic rings. The summed E-state index contributed by atoms with van der Waals surface area (Å²) in [5.41, 5.74) is 0.525. The van der Waals surface area contributed by atoms with Gasteiger partial charge in [-0.15, -0.1) is 0 Å². The highest BCUT2D eigenvalue weighted by Crippen LogP contribution is 2.31. The van der Waals surface area contributed by atoms with Gasteiger partial charge in [-0.3, -0.25) is 4.57 Å². The molecular formula is C19H27ClN4O4S. The van der Waals surface area contributed by atoms with Crippen LogP contribution in [0.2, 0.25) is 5.02 Å². The lowest BCUT2D eigenvalue weighted by molar-refractivity contribution is 0.182. The molecule has 0 radical (unpaired) electrons. The van der Waals surface area contributed by atoms with Crippen LogP contribution >= 0.6 is 11.6 Å². The van der Waals surface area contributed by atoms with Crippen LogP contribution in [0.15, 0.2) is 27.9 Å². The smallest absolute Gasteiger partial charge is 0.345 e. The average molecular weight is 443 g/mol. The Morgan fingerprint density at radius 1 is 1.28 bits per heavy atom. The number of sulfonamides is 1. The summed E-state index contributed by atoms with van der Waals surface area (Å²) in [5, 5.41) is 4.92. The number of piperidine rings is 1. The number of rotatable bonds is 7. The summed E-state index contributed by atoms with van der Waals surface area (Å²) < 4.78 is 35.8. The maximum atomic E-state index is 13.1. The molecule has 10 heteroatoms. The van der Waals surface area contributed by atoms with Crippen molar-refractivity contribution < 1.29 is 13.2 Å². The monoisotopic (exact) mass is 442 g/mol. The summed E-state index contributed by atoms with van der Waals surface area (Å²) in [4.78, 5) is 12.8. The Bertz CT molecular complexity index is 1020. The zero-order valence-corrected chi connectivity index (χ0v) is 18.5. The number of methoxy groups -OCH3 is 1. The molecule has 0 unspecified atom stereocenters. The number of nitrogens with zero attached hydrogens (tertiary/aromatic N) is 4. The van der Waals surface area contributed by atoms with Crippen LogP contribution < -0.4 is 5.69 Å². The van der Waals surface area contributed by atoms with Crippen molar-refractivity contribution in [3.63, 3.8) is 0 Å². The van der Waals surface area contributed by atoms with E-state index in [1.807, 2.05) is 6.92 Å². The van der Waals surface area contributed by atoms with E-state index in [0.29, 0.717) is 56.2 Å². The Hall–Kier alpha value is -1.68. The Labute approximate surface area is 176 Å². The van der Waals surface area contributed by atoms with Crippen LogP contribution in [0, 0.1) is 6.92 Å². The molecular weight excluding hydrogens is 416 g/mol. The van der Waals surface area contributed by atoms with E-state index in [4.69, 9.17) is 16.3 Å². The highest BCUT2D eigenvalue weighted by atomic mass is 35.5. The van der Waals surface area contributed by atoms with Crippen LogP contribution in [0.1, 0.15) is 37.1 Å². The highest BCUT2D eigenvalue weighted by Gasteiger charge is 2.33. The Kier molecular flexibility index (Phi) is 6.83. The normalized spacial score (nSPS) is 16.4. The largest absolute Gasteiger partial charge is 0.383 e. The number of ether oxygens (including phenoxy) is 1. The van der Waals surface area contributed by atoms with Gasteiger partial charge in [0.2, 0.25) is 10.0 Å². The van der Waals surface area contributed by atoms with Gasteiger partial charge >= 0.3 is 5.69 Å². The lowest BCUT2D eigenvalue weighted by atomic mass is 9.97. The van der Waals surface area contributed by atoms with Gasteiger partial charge in [-0.25, -0.2) is 17.9 Å². The summed E-state index contributed by atoms with van der Waals surface area (Å²) in [5.74, 6) is 0.767. The molecule has 160 valence electrons. The minimum absolute atomic E-state index is 0.0401. The maximum Gasteiger partial charge on any atom is 0.345 e. The first-order chi connectivity index (χ1) is 13.8. The number of aryl methyl sites for hydroxylation is 1. The molecule has 0 saturated carbocycles. The van der Waals surface area contributed by atoms with Crippen LogP contribution in [0.25, 0.3) is 0 Å². The van der Waals surface area contributed by atoms with Gasteiger partial charge in [0.25, 0.3) is 0 Å². The summed E-state index contributed by atoms with van der Waals surface area (Å²) >= 11 is 6.02. The molecule has 1 aromatic carbocycles. The number of aromatic nitrogens is 3. The number of halogens is 1. The molecule has 0 N–H and O–H groups in total. The van der Waals surface area contributed by atoms with Crippen LogP contribution in [-0.2, 0) is 27.8 Å². The van der Waals surface area contributed by atoms with Gasteiger partial charge in [-0.2, -0.15) is 9.40 Å². The molecule has 0 spiro atoms. The van der Waals surface area contributed by atoms with Crippen molar-refractivity contribution in [2.24, 2.45) is 0 Å². The van der Waals surface area contributed by atoms with Gasteiger partial charge in [0.15, 0.2) is 0 Å².